The summed E-state index contributed by atoms with van der Waals surface area (Å²) in [6.45, 7) is 0. The lowest BCUT2D eigenvalue weighted by Crippen LogP contribution is -1.89. The van der Waals surface area contributed by atoms with Crippen LogP contribution in [0.25, 0.3) is 11.1 Å². The van der Waals surface area contributed by atoms with Crippen LogP contribution in [0.3, 0.4) is 0 Å². The Hall–Kier alpha value is -1.15. The molecule has 0 aliphatic heterocycles. The monoisotopic (exact) mass is 262 g/mol. The van der Waals surface area contributed by atoms with Gasteiger partial charge in [0.25, 0.3) is 0 Å². The molecule has 0 heterocycles. The van der Waals surface area contributed by atoms with E-state index in [2.05, 4.69) is 15.9 Å². The van der Waals surface area contributed by atoms with Crippen molar-refractivity contribution < 1.29 is 4.39 Å². The average molecular weight is 263 g/mol. The molecular weight excluding hydrogens is 255 g/mol. The summed E-state index contributed by atoms with van der Waals surface area (Å²) >= 11 is 3.55. The van der Waals surface area contributed by atoms with E-state index in [1.807, 2.05) is 30.3 Å². The van der Waals surface area contributed by atoms with Crippen LogP contribution in [0, 0.1) is 5.82 Å². The maximum Gasteiger partial charge on any atom is 0.128 e. The molecule has 1 aliphatic rings. The fourth-order valence-corrected chi connectivity index (χ4v) is 3.01. The minimum absolute atomic E-state index is 0.00935. The van der Waals surface area contributed by atoms with Gasteiger partial charge in [0.05, 0.1) is 4.83 Å². The van der Waals surface area contributed by atoms with Gasteiger partial charge in [0.1, 0.15) is 5.82 Å². The minimum Gasteiger partial charge on any atom is -0.207 e. The van der Waals surface area contributed by atoms with Crippen LogP contribution < -0.4 is 0 Å². The first-order valence-electron chi connectivity index (χ1n) is 4.81. The fourth-order valence-electron chi connectivity index (χ4n) is 2.15. The molecule has 0 amide bonds. The Morgan fingerprint density at radius 1 is 0.933 bits per heavy atom. The molecule has 0 spiro atoms. The molecule has 2 heteroatoms. The summed E-state index contributed by atoms with van der Waals surface area (Å²) in [4.78, 5) is -0.00935. The molecule has 1 atom stereocenters. The van der Waals surface area contributed by atoms with E-state index in [4.69, 9.17) is 0 Å². The van der Waals surface area contributed by atoms with Crippen molar-refractivity contribution in [1.82, 2.24) is 0 Å². The second-order valence-electron chi connectivity index (χ2n) is 3.65. The van der Waals surface area contributed by atoms with Crippen LogP contribution in [0.2, 0.25) is 0 Å². The lowest BCUT2D eigenvalue weighted by atomic mass is 10.1. The summed E-state index contributed by atoms with van der Waals surface area (Å²) in [5.41, 5.74) is 4.05. The van der Waals surface area contributed by atoms with E-state index in [0.717, 1.165) is 22.3 Å². The van der Waals surface area contributed by atoms with Gasteiger partial charge in [0.15, 0.2) is 0 Å². The Bertz CT molecular complexity index is 534. The van der Waals surface area contributed by atoms with Crippen molar-refractivity contribution >= 4 is 15.9 Å². The maximum absolute atomic E-state index is 13.7. The van der Waals surface area contributed by atoms with Gasteiger partial charge in [-0.1, -0.05) is 52.3 Å². The quantitative estimate of drug-likeness (QED) is 0.622. The molecule has 0 nitrogen and oxygen atoms in total. The van der Waals surface area contributed by atoms with Gasteiger partial charge in [0.2, 0.25) is 0 Å². The van der Waals surface area contributed by atoms with Crippen molar-refractivity contribution in [2.24, 2.45) is 0 Å². The highest BCUT2D eigenvalue weighted by Crippen LogP contribution is 2.48. The summed E-state index contributed by atoms with van der Waals surface area (Å²) in [6, 6.07) is 13.3. The topological polar surface area (TPSA) is 0 Å². The number of hydrogen-bond donors (Lipinski definition) is 0. The maximum atomic E-state index is 13.7. The molecule has 2 aromatic rings. The molecule has 0 fully saturated rings. The van der Waals surface area contributed by atoms with Gasteiger partial charge in [0, 0.05) is 5.56 Å². The second kappa shape index (κ2) is 3.17. The third-order valence-electron chi connectivity index (χ3n) is 2.83. The largest absolute Gasteiger partial charge is 0.207 e. The molecule has 15 heavy (non-hydrogen) atoms. The molecule has 0 saturated heterocycles. The van der Waals surface area contributed by atoms with Crippen molar-refractivity contribution in [3.05, 3.63) is 59.4 Å². The van der Waals surface area contributed by atoms with E-state index < -0.39 is 0 Å². The minimum atomic E-state index is -0.134. The van der Waals surface area contributed by atoms with E-state index in [0.29, 0.717) is 0 Å². The standard InChI is InChI=1S/C13H8BrF/c14-13-10-5-2-1-4-8(10)9-6-3-7-11(15)12(9)13/h1-7,13H. The normalized spacial score (nSPS) is 17.3. The van der Waals surface area contributed by atoms with Gasteiger partial charge in [-0.05, 0) is 22.8 Å². The lowest BCUT2D eigenvalue weighted by molar-refractivity contribution is 0.616. The molecule has 0 radical (unpaired) electrons. The number of benzene rings is 2. The molecule has 2 aromatic carbocycles. The van der Waals surface area contributed by atoms with Crippen molar-refractivity contribution in [1.29, 1.82) is 0 Å². The van der Waals surface area contributed by atoms with Crippen LogP contribution >= 0.6 is 15.9 Å². The smallest absolute Gasteiger partial charge is 0.128 e. The zero-order valence-electron chi connectivity index (χ0n) is 7.87. The molecule has 1 unspecified atom stereocenters. The van der Waals surface area contributed by atoms with E-state index in [-0.39, 0.29) is 10.6 Å². The van der Waals surface area contributed by atoms with Crippen LogP contribution in [-0.4, -0.2) is 0 Å². The van der Waals surface area contributed by atoms with Crippen LogP contribution in [0.1, 0.15) is 16.0 Å². The van der Waals surface area contributed by atoms with Crippen molar-refractivity contribution in [3.8, 4) is 11.1 Å². The third-order valence-corrected chi connectivity index (χ3v) is 3.78. The average Bonchev–Trinajstić information content (AvgIpc) is 2.55. The fraction of sp³-hybridized carbons (Fsp3) is 0.0769. The predicted octanol–water partition coefficient (Wildman–Crippen LogP) is 4.29. The highest BCUT2D eigenvalue weighted by molar-refractivity contribution is 9.09. The van der Waals surface area contributed by atoms with Gasteiger partial charge in [-0.15, -0.1) is 0 Å². The molecule has 74 valence electrons. The van der Waals surface area contributed by atoms with Crippen LogP contribution in [-0.2, 0) is 0 Å². The third kappa shape index (κ3) is 1.18. The van der Waals surface area contributed by atoms with E-state index in [1.165, 1.54) is 6.07 Å². The molecule has 0 N–H and O–H groups in total. The number of fused-ring (bicyclic) bond motifs is 3. The number of halogens is 2. The van der Waals surface area contributed by atoms with Gasteiger partial charge in [-0.3, -0.25) is 0 Å². The van der Waals surface area contributed by atoms with Gasteiger partial charge < -0.3 is 0 Å². The zero-order valence-corrected chi connectivity index (χ0v) is 9.46. The van der Waals surface area contributed by atoms with E-state index >= 15 is 0 Å². The Balaban J connectivity index is 2.37. The highest BCUT2D eigenvalue weighted by atomic mass is 79.9. The molecule has 0 bridgehead atoms. The second-order valence-corrected chi connectivity index (χ2v) is 4.57. The molecule has 3 rings (SSSR count). The van der Waals surface area contributed by atoms with Crippen molar-refractivity contribution in [2.45, 2.75) is 4.83 Å². The summed E-state index contributed by atoms with van der Waals surface area (Å²) in [7, 11) is 0. The number of rotatable bonds is 0. The number of hydrogen-bond acceptors (Lipinski definition) is 0. The zero-order chi connectivity index (χ0) is 10.4. The summed E-state index contributed by atoms with van der Waals surface area (Å²) in [6.07, 6.45) is 0. The van der Waals surface area contributed by atoms with E-state index in [9.17, 15) is 4.39 Å². The van der Waals surface area contributed by atoms with Gasteiger partial charge in [-0.25, -0.2) is 4.39 Å². The van der Waals surface area contributed by atoms with Crippen LogP contribution in [0.5, 0.6) is 0 Å². The first-order chi connectivity index (χ1) is 7.29. The van der Waals surface area contributed by atoms with Crippen LogP contribution in [0.4, 0.5) is 4.39 Å². The molecular formula is C13H8BrF. The first kappa shape index (κ1) is 9.10. The lowest BCUT2D eigenvalue weighted by Gasteiger charge is -2.04. The Kier molecular flexibility index (Phi) is 1.93. The molecule has 1 aliphatic carbocycles. The summed E-state index contributed by atoms with van der Waals surface area (Å²) < 4.78 is 13.7. The Labute approximate surface area is 95.9 Å². The number of alkyl halides is 1. The van der Waals surface area contributed by atoms with Gasteiger partial charge in [-0.2, -0.15) is 0 Å². The molecule has 0 saturated carbocycles. The van der Waals surface area contributed by atoms with Crippen LogP contribution in [0.15, 0.2) is 42.5 Å². The first-order valence-corrected chi connectivity index (χ1v) is 5.72. The Morgan fingerprint density at radius 2 is 1.67 bits per heavy atom. The van der Waals surface area contributed by atoms with E-state index in [1.54, 1.807) is 6.07 Å². The Morgan fingerprint density at radius 3 is 2.53 bits per heavy atom. The molecule has 0 aromatic heterocycles. The van der Waals surface area contributed by atoms with Crippen molar-refractivity contribution in [3.63, 3.8) is 0 Å². The predicted molar refractivity (Wildman–Crippen MR) is 62.6 cm³/mol. The SMILES string of the molecule is Fc1cccc2c1C(Br)c1ccccc1-2. The summed E-state index contributed by atoms with van der Waals surface area (Å²) in [5, 5.41) is 0. The summed E-state index contributed by atoms with van der Waals surface area (Å²) in [5.74, 6) is -0.134. The van der Waals surface area contributed by atoms with Crippen molar-refractivity contribution in [2.75, 3.05) is 0 Å². The highest BCUT2D eigenvalue weighted by Gasteiger charge is 2.28. The van der Waals surface area contributed by atoms with Gasteiger partial charge >= 0.3 is 0 Å².